The van der Waals surface area contributed by atoms with Crippen LogP contribution in [0, 0.1) is 6.92 Å². The van der Waals surface area contributed by atoms with Crippen molar-refractivity contribution in [3.8, 4) is 0 Å². The Kier molecular flexibility index (Phi) is 3.41. The number of hydrogen-bond acceptors (Lipinski definition) is 3. The molecule has 1 N–H and O–H groups in total. The highest BCUT2D eigenvalue weighted by molar-refractivity contribution is 7.98. The van der Waals surface area contributed by atoms with Crippen LogP contribution in [0.1, 0.15) is 11.1 Å². The quantitative estimate of drug-likeness (QED) is 0.652. The highest BCUT2D eigenvalue weighted by atomic mass is 32.2. The first-order valence-electron chi connectivity index (χ1n) is 4.98. The molecular weight excluding hydrogens is 220 g/mol. The fraction of sp³-hybridized carbons (Fsp3) is 0.167. The van der Waals surface area contributed by atoms with E-state index in [0.29, 0.717) is 0 Å². The van der Waals surface area contributed by atoms with Crippen molar-refractivity contribution in [1.29, 1.82) is 0 Å². The lowest BCUT2D eigenvalue weighted by molar-refractivity contribution is 0.978. The first kappa shape index (κ1) is 11.0. The summed E-state index contributed by atoms with van der Waals surface area (Å²) < 4.78 is 0. The highest BCUT2D eigenvalue weighted by Crippen LogP contribution is 2.19. The van der Waals surface area contributed by atoms with Crippen LogP contribution in [-0.4, -0.2) is 9.97 Å². The van der Waals surface area contributed by atoms with Crippen molar-refractivity contribution in [2.75, 3.05) is 0 Å². The number of aryl methyl sites for hydroxylation is 1. The van der Waals surface area contributed by atoms with Crippen LogP contribution in [0.5, 0.6) is 0 Å². The number of thioether (sulfide) groups is 1. The van der Waals surface area contributed by atoms with E-state index >= 15 is 0 Å². The van der Waals surface area contributed by atoms with E-state index in [9.17, 15) is 4.79 Å². The topological polar surface area (TPSA) is 45.8 Å². The monoisotopic (exact) mass is 232 g/mol. The molecule has 0 aliphatic carbocycles. The van der Waals surface area contributed by atoms with Gasteiger partial charge in [-0.2, -0.15) is 0 Å². The molecular formula is C12H12N2OS. The molecule has 0 radical (unpaired) electrons. The van der Waals surface area contributed by atoms with Gasteiger partial charge in [0, 0.05) is 11.9 Å². The Bertz CT molecular complexity index is 536. The summed E-state index contributed by atoms with van der Waals surface area (Å²) in [5.41, 5.74) is 2.21. The summed E-state index contributed by atoms with van der Waals surface area (Å²) in [7, 11) is 0. The summed E-state index contributed by atoms with van der Waals surface area (Å²) in [5.74, 6) is 0.849. The maximum atomic E-state index is 11.0. The molecule has 0 aliphatic heterocycles. The van der Waals surface area contributed by atoms with Crippen molar-refractivity contribution in [2.24, 2.45) is 0 Å². The van der Waals surface area contributed by atoms with Gasteiger partial charge in [0.05, 0.1) is 5.03 Å². The number of nitrogens with one attached hydrogen (secondary N) is 1. The maximum Gasteiger partial charge on any atom is 0.345 e. The second kappa shape index (κ2) is 4.99. The van der Waals surface area contributed by atoms with Gasteiger partial charge in [0.2, 0.25) is 0 Å². The van der Waals surface area contributed by atoms with E-state index in [0.717, 1.165) is 10.8 Å². The molecule has 0 bridgehead atoms. The van der Waals surface area contributed by atoms with Crippen LogP contribution in [0.25, 0.3) is 0 Å². The van der Waals surface area contributed by atoms with Gasteiger partial charge in [-0.3, -0.25) is 0 Å². The lowest BCUT2D eigenvalue weighted by Gasteiger charge is -2.02. The molecule has 0 unspecified atom stereocenters. The molecule has 0 fully saturated rings. The van der Waals surface area contributed by atoms with E-state index in [4.69, 9.17) is 0 Å². The number of hydrogen-bond donors (Lipinski definition) is 1. The van der Waals surface area contributed by atoms with Crippen molar-refractivity contribution < 1.29 is 0 Å². The minimum atomic E-state index is -0.297. The summed E-state index contributed by atoms with van der Waals surface area (Å²) in [6, 6.07) is 10.1. The standard InChI is InChI=1S/C12H12N2OS/c1-9-3-2-4-10(7-9)8-16-11-5-6-13-12(15)14-11/h2-7H,8H2,1H3,(H,13,14,15). The van der Waals surface area contributed by atoms with Gasteiger partial charge in [-0.1, -0.05) is 29.8 Å². The molecule has 0 amide bonds. The molecule has 4 heteroatoms. The van der Waals surface area contributed by atoms with Crippen LogP contribution in [0.2, 0.25) is 0 Å². The van der Waals surface area contributed by atoms with Crippen LogP contribution < -0.4 is 5.69 Å². The number of nitrogens with zero attached hydrogens (tertiary/aromatic N) is 1. The van der Waals surface area contributed by atoms with Crippen molar-refractivity contribution in [3.63, 3.8) is 0 Å². The normalized spacial score (nSPS) is 10.3. The molecule has 1 aromatic heterocycles. The molecule has 1 aromatic carbocycles. The third kappa shape index (κ3) is 2.97. The van der Waals surface area contributed by atoms with E-state index in [-0.39, 0.29) is 5.69 Å². The molecule has 2 aromatic rings. The molecule has 0 spiro atoms. The van der Waals surface area contributed by atoms with E-state index in [2.05, 4.69) is 35.1 Å². The molecule has 82 valence electrons. The lowest BCUT2D eigenvalue weighted by Crippen LogP contribution is -2.08. The molecule has 16 heavy (non-hydrogen) atoms. The Morgan fingerprint density at radius 2 is 2.25 bits per heavy atom. The van der Waals surface area contributed by atoms with Crippen LogP contribution in [0.4, 0.5) is 0 Å². The van der Waals surface area contributed by atoms with E-state index in [1.165, 1.54) is 17.3 Å². The smallest absolute Gasteiger partial charge is 0.300 e. The Labute approximate surface area is 97.9 Å². The molecule has 1 heterocycles. The average Bonchev–Trinajstić information content (AvgIpc) is 2.27. The predicted octanol–water partition coefficient (Wildman–Crippen LogP) is 2.37. The summed E-state index contributed by atoms with van der Waals surface area (Å²) in [6.07, 6.45) is 1.53. The van der Waals surface area contributed by atoms with Gasteiger partial charge in [0.25, 0.3) is 0 Å². The van der Waals surface area contributed by atoms with Gasteiger partial charge in [0.15, 0.2) is 0 Å². The summed E-state index contributed by atoms with van der Waals surface area (Å²) in [5, 5.41) is 0.849. The van der Waals surface area contributed by atoms with Gasteiger partial charge >= 0.3 is 5.69 Å². The minimum Gasteiger partial charge on any atom is -0.300 e. The Morgan fingerprint density at radius 3 is 3.00 bits per heavy atom. The first-order chi connectivity index (χ1) is 7.74. The zero-order valence-corrected chi connectivity index (χ0v) is 9.75. The second-order valence-electron chi connectivity index (χ2n) is 3.52. The van der Waals surface area contributed by atoms with Crippen LogP contribution in [0.15, 0.2) is 46.3 Å². The average molecular weight is 232 g/mol. The number of H-pyrrole nitrogens is 1. The van der Waals surface area contributed by atoms with Crippen molar-refractivity contribution in [2.45, 2.75) is 17.7 Å². The maximum absolute atomic E-state index is 11.0. The molecule has 3 nitrogen and oxygen atoms in total. The first-order valence-corrected chi connectivity index (χ1v) is 5.96. The Balaban J connectivity index is 2.05. The molecule has 0 atom stereocenters. The molecule has 0 aliphatic rings. The summed E-state index contributed by atoms with van der Waals surface area (Å²) in [6.45, 7) is 2.07. The third-order valence-electron chi connectivity index (χ3n) is 2.12. The second-order valence-corrected chi connectivity index (χ2v) is 4.53. The summed E-state index contributed by atoms with van der Waals surface area (Å²) in [4.78, 5) is 17.2. The van der Waals surface area contributed by atoms with Crippen molar-refractivity contribution in [1.82, 2.24) is 9.97 Å². The number of aromatic amines is 1. The molecule has 2 rings (SSSR count). The van der Waals surface area contributed by atoms with Gasteiger partial charge in [-0.25, -0.2) is 9.78 Å². The molecule has 0 saturated heterocycles. The van der Waals surface area contributed by atoms with E-state index < -0.39 is 0 Å². The minimum absolute atomic E-state index is 0.297. The zero-order chi connectivity index (χ0) is 11.4. The number of rotatable bonds is 3. The van der Waals surface area contributed by atoms with Crippen LogP contribution >= 0.6 is 11.8 Å². The van der Waals surface area contributed by atoms with Gasteiger partial charge in [0.1, 0.15) is 0 Å². The largest absolute Gasteiger partial charge is 0.345 e. The lowest BCUT2D eigenvalue weighted by atomic mass is 10.2. The number of aromatic nitrogens is 2. The third-order valence-corrected chi connectivity index (χ3v) is 3.15. The summed E-state index contributed by atoms with van der Waals surface area (Å²) >= 11 is 1.60. The fourth-order valence-electron chi connectivity index (χ4n) is 1.40. The van der Waals surface area contributed by atoms with Crippen LogP contribution in [-0.2, 0) is 5.75 Å². The van der Waals surface area contributed by atoms with E-state index in [1.54, 1.807) is 11.8 Å². The van der Waals surface area contributed by atoms with E-state index in [1.807, 2.05) is 12.1 Å². The zero-order valence-electron chi connectivity index (χ0n) is 8.93. The Morgan fingerprint density at radius 1 is 1.38 bits per heavy atom. The predicted molar refractivity (Wildman–Crippen MR) is 65.6 cm³/mol. The SMILES string of the molecule is Cc1cccc(CSc2ccnc(=O)[nH]2)c1. The number of benzene rings is 1. The van der Waals surface area contributed by atoms with Gasteiger partial charge < -0.3 is 4.98 Å². The van der Waals surface area contributed by atoms with Gasteiger partial charge in [-0.05, 0) is 18.6 Å². The highest BCUT2D eigenvalue weighted by Gasteiger charge is 1.97. The van der Waals surface area contributed by atoms with Crippen molar-refractivity contribution in [3.05, 3.63) is 58.1 Å². The van der Waals surface area contributed by atoms with Crippen LogP contribution in [0.3, 0.4) is 0 Å². The molecule has 0 saturated carbocycles. The van der Waals surface area contributed by atoms with Crippen molar-refractivity contribution >= 4 is 11.8 Å². The Hall–Kier alpha value is -1.55. The fourth-order valence-corrected chi connectivity index (χ4v) is 2.22. The van der Waals surface area contributed by atoms with Gasteiger partial charge in [-0.15, -0.1) is 11.8 Å².